The summed E-state index contributed by atoms with van der Waals surface area (Å²) in [5.74, 6) is 0.757. The Hall–Kier alpha value is -3.58. The predicted octanol–water partition coefficient (Wildman–Crippen LogP) is -0.270. The lowest BCUT2D eigenvalue weighted by Gasteiger charge is -2.25. The lowest BCUT2D eigenvalue weighted by molar-refractivity contribution is 0.0335. The van der Waals surface area contributed by atoms with Gasteiger partial charge in [0, 0.05) is 19.6 Å². The number of aryl methyl sites for hydroxylation is 1. The number of carbonyl (C=O) groups excluding carboxylic acids is 1. The smallest absolute Gasteiger partial charge is 0.292 e. The first kappa shape index (κ1) is 18.8. The average Bonchev–Trinajstić information content (AvgIpc) is 3.43. The molecule has 0 bridgehead atoms. The van der Waals surface area contributed by atoms with Crippen molar-refractivity contribution in [3.63, 3.8) is 0 Å². The number of rotatable bonds is 6. The van der Waals surface area contributed by atoms with Gasteiger partial charge in [-0.1, -0.05) is 5.21 Å². The highest BCUT2D eigenvalue weighted by atomic mass is 16.6. The fourth-order valence-electron chi connectivity index (χ4n) is 2.83. The van der Waals surface area contributed by atoms with Gasteiger partial charge < -0.3 is 14.9 Å². The van der Waals surface area contributed by atoms with Crippen molar-refractivity contribution in [3.05, 3.63) is 35.0 Å². The van der Waals surface area contributed by atoms with Gasteiger partial charge >= 0.3 is 0 Å². The van der Waals surface area contributed by atoms with Gasteiger partial charge in [0.05, 0.1) is 19.4 Å². The van der Waals surface area contributed by atoms with Crippen LogP contribution >= 0.6 is 0 Å². The van der Waals surface area contributed by atoms with Crippen molar-refractivity contribution in [1.82, 2.24) is 35.6 Å². The van der Waals surface area contributed by atoms with E-state index in [-0.39, 0.29) is 17.3 Å². The van der Waals surface area contributed by atoms with E-state index in [4.69, 9.17) is 14.9 Å². The number of anilines is 1. The second kappa shape index (κ2) is 8.20. The summed E-state index contributed by atoms with van der Waals surface area (Å²) in [6, 6.07) is 3.53. The van der Waals surface area contributed by atoms with Crippen LogP contribution in [0.2, 0.25) is 0 Å². The van der Waals surface area contributed by atoms with E-state index in [1.54, 1.807) is 12.1 Å². The van der Waals surface area contributed by atoms with Crippen molar-refractivity contribution < 1.29 is 18.6 Å². The number of nitrogens with two attached hydrogens (primary N) is 1. The largest absolute Gasteiger partial charge is 0.460 e. The zero-order valence-electron chi connectivity index (χ0n) is 15.6. The van der Waals surface area contributed by atoms with Crippen molar-refractivity contribution in [2.75, 3.05) is 32.0 Å². The van der Waals surface area contributed by atoms with Crippen molar-refractivity contribution >= 4 is 17.9 Å². The third-order valence-corrected chi connectivity index (χ3v) is 4.25. The Morgan fingerprint density at radius 3 is 2.86 bits per heavy atom. The van der Waals surface area contributed by atoms with Crippen LogP contribution in [0.4, 0.5) is 5.82 Å². The average molecular weight is 401 g/mol. The molecule has 1 amide bonds. The normalized spacial score (nSPS) is 15.2. The lowest BCUT2D eigenvalue weighted by atomic mass is 10.2. The van der Waals surface area contributed by atoms with Gasteiger partial charge in [0.2, 0.25) is 11.6 Å². The molecule has 3 aromatic heterocycles. The van der Waals surface area contributed by atoms with Crippen LogP contribution < -0.4 is 11.2 Å². The predicted molar refractivity (Wildman–Crippen MR) is 98.2 cm³/mol. The molecule has 0 spiro atoms. The van der Waals surface area contributed by atoms with E-state index in [9.17, 15) is 4.79 Å². The van der Waals surface area contributed by atoms with Gasteiger partial charge in [0.25, 0.3) is 5.91 Å². The molecule has 4 rings (SSSR count). The molecule has 3 aromatic rings. The Labute approximate surface area is 164 Å². The third-order valence-electron chi connectivity index (χ3n) is 4.25. The summed E-state index contributed by atoms with van der Waals surface area (Å²) >= 11 is 0. The number of ether oxygens (including phenoxy) is 1. The highest BCUT2D eigenvalue weighted by Gasteiger charge is 2.26. The third kappa shape index (κ3) is 4.14. The topological polar surface area (TPSA) is 163 Å². The van der Waals surface area contributed by atoms with Crippen molar-refractivity contribution in [1.29, 1.82) is 0 Å². The second-order valence-electron chi connectivity index (χ2n) is 6.31. The molecule has 0 atom stereocenters. The van der Waals surface area contributed by atoms with E-state index in [1.807, 2.05) is 6.92 Å². The molecule has 0 saturated carbocycles. The summed E-state index contributed by atoms with van der Waals surface area (Å²) in [5.41, 5.74) is 8.78. The minimum absolute atomic E-state index is 0.0172. The van der Waals surface area contributed by atoms with Gasteiger partial charge in [-0.15, -0.1) is 5.10 Å². The molecule has 13 nitrogen and oxygen atoms in total. The molecule has 13 heteroatoms. The molecule has 29 heavy (non-hydrogen) atoms. The van der Waals surface area contributed by atoms with Crippen LogP contribution in [0.3, 0.4) is 0 Å². The number of hydrogen-bond donors (Lipinski definition) is 2. The standard InChI is InChI=1S/C16H19N9O4/c1-10-2-3-11(28-10)8-18-20-16(26)13-12(9-24-4-6-27-7-5-24)19-23-25(13)15-14(17)21-29-22-15/h2-3,8H,4-7,9H2,1H3,(H2,17,21)(H,20,26)/b18-8-. The van der Waals surface area contributed by atoms with Crippen LogP contribution in [0.1, 0.15) is 27.7 Å². The highest BCUT2D eigenvalue weighted by molar-refractivity contribution is 5.94. The van der Waals surface area contributed by atoms with Crippen LogP contribution in [-0.4, -0.2) is 68.6 Å². The van der Waals surface area contributed by atoms with Crippen molar-refractivity contribution in [3.8, 4) is 5.82 Å². The van der Waals surface area contributed by atoms with E-state index < -0.39 is 5.91 Å². The lowest BCUT2D eigenvalue weighted by Crippen LogP contribution is -2.36. The van der Waals surface area contributed by atoms with Gasteiger partial charge in [0.1, 0.15) is 17.2 Å². The van der Waals surface area contributed by atoms with Gasteiger partial charge in [-0.05, 0) is 29.4 Å². The summed E-state index contributed by atoms with van der Waals surface area (Å²) in [7, 11) is 0. The number of hydrazone groups is 1. The van der Waals surface area contributed by atoms with E-state index in [2.05, 4.69) is 40.7 Å². The number of nitrogens with zero attached hydrogens (tertiary/aromatic N) is 7. The van der Waals surface area contributed by atoms with Gasteiger partial charge in [0.15, 0.2) is 5.69 Å². The minimum atomic E-state index is -0.541. The van der Waals surface area contributed by atoms with Crippen LogP contribution in [0.15, 0.2) is 26.3 Å². The number of furan rings is 1. The molecule has 1 aliphatic heterocycles. The molecule has 1 fully saturated rings. The molecule has 1 saturated heterocycles. The maximum absolute atomic E-state index is 12.9. The van der Waals surface area contributed by atoms with E-state index in [0.29, 0.717) is 31.2 Å². The SMILES string of the molecule is Cc1ccc(/C=N\NC(=O)c2c(CN3CCOCC3)nnn2-c2nonc2N)o1. The van der Waals surface area contributed by atoms with E-state index in [1.165, 1.54) is 10.9 Å². The summed E-state index contributed by atoms with van der Waals surface area (Å²) in [5, 5.41) is 19.3. The number of morpholine rings is 1. The molecule has 0 radical (unpaired) electrons. The van der Waals surface area contributed by atoms with E-state index in [0.717, 1.165) is 18.8 Å². The number of hydrogen-bond acceptors (Lipinski definition) is 11. The zero-order chi connectivity index (χ0) is 20.2. The van der Waals surface area contributed by atoms with Gasteiger partial charge in [-0.3, -0.25) is 9.69 Å². The van der Waals surface area contributed by atoms with Crippen molar-refractivity contribution in [2.45, 2.75) is 13.5 Å². The number of carbonyl (C=O) groups is 1. The molecular formula is C16H19N9O4. The molecule has 0 aliphatic carbocycles. The first-order chi connectivity index (χ1) is 14.1. The summed E-state index contributed by atoms with van der Waals surface area (Å²) in [6.45, 7) is 4.88. The molecule has 3 N–H and O–H groups in total. The van der Waals surface area contributed by atoms with Crippen LogP contribution in [-0.2, 0) is 11.3 Å². The van der Waals surface area contributed by atoms with Gasteiger partial charge in [-0.2, -0.15) is 9.78 Å². The van der Waals surface area contributed by atoms with Crippen molar-refractivity contribution in [2.24, 2.45) is 5.10 Å². The van der Waals surface area contributed by atoms with Crippen LogP contribution in [0, 0.1) is 6.92 Å². The first-order valence-corrected chi connectivity index (χ1v) is 8.84. The molecular weight excluding hydrogens is 382 g/mol. The number of aromatic nitrogens is 5. The number of amides is 1. The van der Waals surface area contributed by atoms with Crippen LogP contribution in [0.25, 0.3) is 5.82 Å². The van der Waals surface area contributed by atoms with Crippen LogP contribution in [0.5, 0.6) is 0 Å². The summed E-state index contributed by atoms with van der Waals surface area (Å²) < 4.78 is 16.5. The Morgan fingerprint density at radius 1 is 1.34 bits per heavy atom. The molecule has 152 valence electrons. The van der Waals surface area contributed by atoms with E-state index >= 15 is 0 Å². The first-order valence-electron chi connectivity index (χ1n) is 8.84. The summed E-state index contributed by atoms with van der Waals surface area (Å²) in [4.78, 5) is 15.0. The minimum Gasteiger partial charge on any atom is -0.460 e. The molecule has 0 unspecified atom stereocenters. The Bertz CT molecular complexity index is 1020. The maximum Gasteiger partial charge on any atom is 0.292 e. The monoisotopic (exact) mass is 401 g/mol. The quantitative estimate of drug-likeness (QED) is 0.415. The highest BCUT2D eigenvalue weighted by Crippen LogP contribution is 2.17. The molecule has 0 aromatic carbocycles. The summed E-state index contributed by atoms with van der Waals surface area (Å²) in [6.07, 6.45) is 1.40. The maximum atomic E-state index is 12.9. The Morgan fingerprint density at radius 2 is 2.17 bits per heavy atom. The van der Waals surface area contributed by atoms with Gasteiger partial charge in [-0.25, -0.2) is 10.1 Å². The molecule has 4 heterocycles. The number of nitrogens with one attached hydrogen (secondary N) is 1. The zero-order valence-corrected chi connectivity index (χ0v) is 15.6. The fraction of sp³-hybridized carbons (Fsp3) is 0.375. The Balaban J connectivity index is 1.59. The number of nitrogen functional groups attached to an aromatic ring is 1. The molecule has 1 aliphatic rings. The second-order valence-corrected chi connectivity index (χ2v) is 6.31. The Kier molecular flexibility index (Phi) is 5.31. The fourth-order valence-corrected chi connectivity index (χ4v) is 2.83.